The molecule has 2 heterocycles. The molecule has 1 aliphatic heterocycles. The van der Waals surface area contributed by atoms with Crippen LogP contribution in [0.1, 0.15) is 75.9 Å². The topological polar surface area (TPSA) is 102 Å². The summed E-state index contributed by atoms with van der Waals surface area (Å²) in [6, 6.07) is 15.1. The Balaban J connectivity index is 1.59. The van der Waals surface area contributed by atoms with Crippen LogP contribution in [0.3, 0.4) is 0 Å². The fourth-order valence-corrected chi connectivity index (χ4v) is 5.01. The quantitative estimate of drug-likeness (QED) is 0.246. The van der Waals surface area contributed by atoms with Crippen molar-refractivity contribution in [2.75, 3.05) is 23.7 Å². The lowest BCUT2D eigenvalue weighted by molar-refractivity contribution is -0.166. The van der Waals surface area contributed by atoms with E-state index in [1.807, 2.05) is 32.9 Å². The van der Waals surface area contributed by atoms with Crippen molar-refractivity contribution < 1.29 is 23.5 Å². The normalized spacial score (nSPS) is 15.0. The van der Waals surface area contributed by atoms with Crippen molar-refractivity contribution >= 4 is 23.4 Å². The minimum absolute atomic E-state index is 0.00713. The molecule has 43 heavy (non-hydrogen) atoms. The number of benzene rings is 2. The first-order chi connectivity index (χ1) is 20.3. The molecule has 0 bridgehead atoms. The van der Waals surface area contributed by atoms with Gasteiger partial charge < -0.3 is 25.4 Å². The third-order valence-corrected chi connectivity index (χ3v) is 7.18. The molecule has 1 unspecified atom stereocenters. The number of hydrogen-bond acceptors (Lipinski definition) is 7. The summed E-state index contributed by atoms with van der Waals surface area (Å²) in [5.74, 6) is -0.126. The van der Waals surface area contributed by atoms with E-state index in [1.165, 1.54) is 12.1 Å². The van der Waals surface area contributed by atoms with Crippen LogP contribution < -0.4 is 20.7 Å². The van der Waals surface area contributed by atoms with Crippen molar-refractivity contribution in [1.29, 1.82) is 0 Å². The standard InChI is InChI=1S/C34H43FN4O4/c1-33(2,3)27-14-13-25(20-28(27)42-29(23-15-18-36-19-16-23)32(41)43-34(4,5)6)39-31(40)26-8-7-17-37-30(26)38-21-22-9-11-24(35)12-10-22/h7-14,17,20,23,29,36H,15-16,18-19,21H2,1-6H3,(H,37,38)(H,39,40). The second-order valence-corrected chi connectivity index (χ2v) is 13.0. The first-order valence-corrected chi connectivity index (χ1v) is 14.8. The van der Waals surface area contributed by atoms with Crippen LogP contribution in [-0.4, -0.2) is 41.7 Å². The summed E-state index contributed by atoms with van der Waals surface area (Å²) < 4.78 is 25.6. The van der Waals surface area contributed by atoms with Crippen LogP contribution in [0.15, 0.2) is 60.8 Å². The van der Waals surface area contributed by atoms with Crippen LogP contribution in [0.5, 0.6) is 5.75 Å². The van der Waals surface area contributed by atoms with Crippen LogP contribution in [0.2, 0.25) is 0 Å². The van der Waals surface area contributed by atoms with Crippen molar-refractivity contribution in [2.45, 2.75) is 78.0 Å². The second kappa shape index (κ2) is 13.5. The molecule has 8 nitrogen and oxygen atoms in total. The number of piperidine rings is 1. The van der Waals surface area contributed by atoms with Crippen LogP contribution in [0.25, 0.3) is 0 Å². The molecule has 1 fully saturated rings. The van der Waals surface area contributed by atoms with Gasteiger partial charge in [0.05, 0.1) is 5.56 Å². The van der Waals surface area contributed by atoms with Gasteiger partial charge in [-0.3, -0.25) is 4.79 Å². The highest BCUT2D eigenvalue weighted by atomic mass is 19.1. The second-order valence-electron chi connectivity index (χ2n) is 13.0. The van der Waals surface area contributed by atoms with Gasteiger partial charge in [-0.15, -0.1) is 0 Å². The zero-order valence-electron chi connectivity index (χ0n) is 25.9. The number of nitrogens with zero attached hydrogens (tertiary/aromatic N) is 1. The third-order valence-electron chi connectivity index (χ3n) is 7.18. The molecule has 0 radical (unpaired) electrons. The zero-order chi connectivity index (χ0) is 31.2. The van der Waals surface area contributed by atoms with Crippen molar-refractivity contribution in [3.63, 3.8) is 0 Å². The van der Waals surface area contributed by atoms with Gasteiger partial charge in [0.15, 0.2) is 6.10 Å². The predicted molar refractivity (Wildman–Crippen MR) is 167 cm³/mol. The molecule has 0 saturated carbocycles. The summed E-state index contributed by atoms with van der Waals surface area (Å²) in [7, 11) is 0. The molecule has 230 valence electrons. The number of nitrogens with one attached hydrogen (secondary N) is 3. The Morgan fingerprint density at radius 2 is 1.72 bits per heavy atom. The zero-order valence-corrected chi connectivity index (χ0v) is 25.9. The molecule has 9 heteroatoms. The van der Waals surface area contributed by atoms with E-state index in [9.17, 15) is 14.0 Å². The molecule has 1 amide bonds. The molecular formula is C34H43FN4O4. The molecule has 1 aromatic heterocycles. The Hall–Kier alpha value is -3.98. The average molecular weight is 591 g/mol. The minimum atomic E-state index is -0.783. The molecular weight excluding hydrogens is 547 g/mol. The van der Waals surface area contributed by atoms with Gasteiger partial charge in [0.2, 0.25) is 0 Å². The lowest BCUT2D eigenvalue weighted by atomic mass is 9.86. The van der Waals surface area contributed by atoms with Gasteiger partial charge in [-0.2, -0.15) is 0 Å². The Labute approximate surface area is 253 Å². The monoisotopic (exact) mass is 590 g/mol. The van der Waals surface area contributed by atoms with Gasteiger partial charge in [-0.25, -0.2) is 14.2 Å². The maximum Gasteiger partial charge on any atom is 0.348 e. The summed E-state index contributed by atoms with van der Waals surface area (Å²) in [5, 5.41) is 9.49. The van der Waals surface area contributed by atoms with E-state index < -0.39 is 11.7 Å². The summed E-state index contributed by atoms with van der Waals surface area (Å²) in [6.07, 6.45) is 2.40. The number of carbonyl (C=O) groups is 2. The lowest BCUT2D eigenvalue weighted by Gasteiger charge is -2.33. The number of halogens is 1. The SMILES string of the molecule is CC(C)(C)OC(=O)C(Oc1cc(NC(=O)c2cccnc2NCc2ccc(F)cc2)ccc1C(C)(C)C)C1CCNCC1. The molecule has 1 saturated heterocycles. The van der Waals surface area contributed by atoms with Crippen molar-refractivity contribution in [3.05, 3.63) is 83.3 Å². The molecule has 0 spiro atoms. The average Bonchev–Trinajstić information content (AvgIpc) is 2.94. The van der Waals surface area contributed by atoms with Crippen LogP contribution in [0, 0.1) is 11.7 Å². The first-order valence-electron chi connectivity index (χ1n) is 14.8. The maximum absolute atomic E-state index is 13.5. The summed E-state index contributed by atoms with van der Waals surface area (Å²) >= 11 is 0. The largest absolute Gasteiger partial charge is 0.478 e. The van der Waals surface area contributed by atoms with Crippen LogP contribution in [-0.2, 0) is 21.5 Å². The molecule has 1 aliphatic rings. The number of anilines is 2. The number of hydrogen-bond donors (Lipinski definition) is 3. The van der Waals surface area contributed by atoms with Gasteiger partial charge in [-0.05, 0) is 93.6 Å². The molecule has 1 atom stereocenters. The van der Waals surface area contributed by atoms with E-state index in [1.54, 1.807) is 36.5 Å². The van der Waals surface area contributed by atoms with Gasteiger partial charge in [0.1, 0.15) is 23.0 Å². The number of aromatic nitrogens is 1. The number of carbonyl (C=O) groups excluding carboxylic acids is 2. The molecule has 3 aromatic rings. The Bertz CT molecular complexity index is 1410. The number of amides is 1. The fraction of sp³-hybridized carbons (Fsp3) is 0.441. The van der Waals surface area contributed by atoms with Gasteiger partial charge >= 0.3 is 5.97 Å². The van der Waals surface area contributed by atoms with Crippen molar-refractivity contribution in [3.8, 4) is 5.75 Å². The molecule has 0 aliphatic carbocycles. The lowest BCUT2D eigenvalue weighted by Crippen LogP contribution is -2.44. The molecule has 4 rings (SSSR count). The highest BCUT2D eigenvalue weighted by Gasteiger charge is 2.36. The summed E-state index contributed by atoms with van der Waals surface area (Å²) in [6.45, 7) is 13.8. The predicted octanol–water partition coefficient (Wildman–Crippen LogP) is 6.47. The first kappa shape index (κ1) is 31.9. The van der Waals surface area contributed by atoms with E-state index in [-0.39, 0.29) is 29.0 Å². The van der Waals surface area contributed by atoms with Crippen LogP contribution >= 0.6 is 0 Å². The van der Waals surface area contributed by atoms with E-state index in [2.05, 4.69) is 41.7 Å². The Morgan fingerprint density at radius 3 is 2.37 bits per heavy atom. The number of esters is 1. The van der Waals surface area contributed by atoms with Gasteiger partial charge in [0, 0.05) is 30.4 Å². The van der Waals surface area contributed by atoms with Crippen molar-refractivity contribution in [1.82, 2.24) is 10.3 Å². The minimum Gasteiger partial charge on any atom is -0.478 e. The smallest absolute Gasteiger partial charge is 0.348 e. The maximum atomic E-state index is 13.5. The van der Waals surface area contributed by atoms with Crippen LogP contribution in [0.4, 0.5) is 15.9 Å². The summed E-state index contributed by atoms with van der Waals surface area (Å²) in [5.41, 5.74) is 1.70. The van der Waals surface area contributed by atoms with E-state index in [4.69, 9.17) is 9.47 Å². The third kappa shape index (κ3) is 9.00. The molecule has 3 N–H and O–H groups in total. The van der Waals surface area contributed by atoms with E-state index >= 15 is 0 Å². The fourth-order valence-electron chi connectivity index (χ4n) is 5.01. The highest BCUT2D eigenvalue weighted by molar-refractivity contribution is 6.07. The van der Waals surface area contributed by atoms with Crippen molar-refractivity contribution in [2.24, 2.45) is 5.92 Å². The Kier molecular flexibility index (Phi) is 10.1. The number of pyridine rings is 1. The van der Waals surface area contributed by atoms with E-state index in [0.717, 1.165) is 37.1 Å². The van der Waals surface area contributed by atoms with E-state index in [0.29, 0.717) is 29.4 Å². The highest BCUT2D eigenvalue weighted by Crippen LogP contribution is 2.36. The van der Waals surface area contributed by atoms with Gasteiger partial charge in [-0.1, -0.05) is 39.0 Å². The summed E-state index contributed by atoms with van der Waals surface area (Å²) in [4.78, 5) is 31.2. The number of ether oxygens (including phenoxy) is 2. The van der Waals surface area contributed by atoms with Gasteiger partial charge in [0.25, 0.3) is 5.91 Å². The molecule has 2 aromatic carbocycles. The Morgan fingerprint density at radius 1 is 1.02 bits per heavy atom. The number of rotatable bonds is 9.